The maximum absolute atomic E-state index is 11.6. The second-order valence-corrected chi connectivity index (χ2v) is 4.56. The van der Waals surface area contributed by atoms with Crippen molar-refractivity contribution in [2.45, 2.75) is 0 Å². The molecule has 0 radical (unpaired) electrons. The molecule has 0 saturated heterocycles. The zero-order chi connectivity index (χ0) is 14.8. The van der Waals surface area contributed by atoms with Crippen LogP contribution in [0.3, 0.4) is 0 Å². The van der Waals surface area contributed by atoms with Gasteiger partial charge in [0.1, 0.15) is 17.2 Å². The third-order valence-corrected chi connectivity index (χ3v) is 3.12. The summed E-state index contributed by atoms with van der Waals surface area (Å²) < 4.78 is 7.70. The van der Waals surface area contributed by atoms with Crippen molar-refractivity contribution in [3.63, 3.8) is 0 Å². The van der Waals surface area contributed by atoms with Gasteiger partial charge in [0.2, 0.25) is 0 Å². The highest BCUT2D eigenvalue weighted by Gasteiger charge is 2.07. The molecule has 0 aliphatic carbocycles. The van der Waals surface area contributed by atoms with Crippen LogP contribution in [0, 0.1) is 0 Å². The Morgan fingerprint density at radius 3 is 2.81 bits per heavy atom. The number of hydrogen-bond acceptors (Lipinski definition) is 4. The first-order chi connectivity index (χ1) is 10.2. The minimum absolute atomic E-state index is 0.249. The zero-order valence-electron chi connectivity index (χ0n) is 11.7. The Kier molecular flexibility index (Phi) is 3.27. The molecule has 0 spiro atoms. The average Bonchev–Trinajstić information content (AvgIpc) is 2.87. The molecule has 3 rings (SSSR count). The lowest BCUT2D eigenvalue weighted by molar-refractivity contribution is 0.0958. The van der Waals surface area contributed by atoms with Gasteiger partial charge in [0.05, 0.1) is 17.4 Å². The Bertz CT molecular complexity index is 810. The molecule has 0 atom stereocenters. The van der Waals surface area contributed by atoms with Gasteiger partial charge >= 0.3 is 0 Å². The van der Waals surface area contributed by atoms with Crippen LogP contribution in [-0.4, -0.2) is 27.5 Å². The SMILES string of the molecule is CNC(=O)c1cc(Oc2ccc3c(c2)ncn3C)ccn1. The van der Waals surface area contributed by atoms with E-state index in [0.29, 0.717) is 17.2 Å². The number of ether oxygens (including phenoxy) is 1. The van der Waals surface area contributed by atoms with Crippen molar-refractivity contribution in [1.29, 1.82) is 0 Å². The van der Waals surface area contributed by atoms with Crippen molar-refractivity contribution in [2.75, 3.05) is 7.05 Å². The number of aromatic nitrogens is 3. The molecule has 0 aliphatic heterocycles. The molecule has 3 aromatic rings. The van der Waals surface area contributed by atoms with Gasteiger partial charge in [0.25, 0.3) is 5.91 Å². The molecule has 2 heterocycles. The maximum atomic E-state index is 11.6. The van der Waals surface area contributed by atoms with Gasteiger partial charge < -0.3 is 14.6 Å². The number of fused-ring (bicyclic) bond motifs is 1. The van der Waals surface area contributed by atoms with Crippen LogP contribution in [-0.2, 0) is 7.05 Å². The number of imidazole rings is 1. The first kappa shape index (κ1) is 13.1. The minimum atomic E-state index is -0.249. The van der Waals surface area contributed by atoms with Gasteiger partial charge in [-0.1, -0.05) is 0 Å². The van der Waals surface area contributed by atoms with E-state index >= 15 is 0 Å². The largest absolute Gasteiger partial charge is 0.457 e. The van der Waals surface area contributed by atoms with Gasteiger partial charge in [-0.2, -0.15) is 0 Å². The summed E-state index contributed by atoms with van der Waals surface area (Å²) in [7, 11) is 3.50. The van der Waals surface area contributed by atoms with Gasteiger partial charge in [-0.3, -0.25) is 9.78 Å². The number of benzene rings is 1. The third kappa shape index (κ3) is 2.55. The summed E-state index contributed by atoms with van der Waals surface area (Å²) in [5, 5.41) is 2.53. The summed E-state index contributed by atoms with van der Waals surface area (Å²) >= 11 is 0. The third-order valence-electron chi connectivity index (χ3n) is 3.12. The van der Waals surface area contributed by atoms with E-state index in [1.54, 1.807) is 31.7 Å². The number of nitrogens with zero attached hydrogens (tertiary/aromatic N) is 3. The van der Waals surface area contributed by atoms with Crippen LogP contribution in [0.15, 0.2) is 42.9 Å². The number of aryl methyl sites for hydroxylation is 1. The van der Waals surface area contributed by atoms with Gasteiger partial charge in [0, 0.05) is 32.4 Å². The van der Waals surface area contributed by atoms with Crippen LogP contribution in [0.2, 0.25) is 0 Å². The maximum Gasteiger partial charge on any atom is 0.269 e. The van der Waals surface area contributed by atoms with E-state index in [0.717, 1.165) is 11.0 Å². The summed E-state index contributed by atoms with van der Waals surface area (Å²) in [6.45, 7) is 0. The zero-order valence-corrected chi connectivity index (χ0v) is 11.7. The van der Waals surface area contributed by atoms with E-state index in [1.165, 1.54) is 0 Å². The van der Waals surface area contributed by atoms with Gasteiger partial charge in [0.15, 0.2) is 0 Å². The van der Waals surface area contributed by atoms with Crippen molar-refractivity contribution in [2.24, 2.45) is 7.05 Å². The van der Waals surface area contributed by atoms with Crippen molar-refractivity contribution in [3.8, 4) is 11.5 Å². The van der Waals surface area contributed by atoms with E-state index in [1.807, 2.05) is 29.8 Å². The van der Waals surface area contributed by atoms with E-state index in [9.17, 15) is 4.79 Å². The molecule has 0 fully saturated rings. The van der Waals surface area contributed by atoms with Crippen LogP contribution in [0.1, 0.15) is 10.5 Å². The summed E-state index contributed by atoms with van der Waals surface area (Å²) in [4.78, 5) is 19.8. The summed E-state index contributed by atoms with van der Waals surface area (Å²) in [5.41, 5.74) is 2.20. The molecule has 0 bridgehead atoms. The molecule has 1 amide bonds. The predicted octanol–water partition coefficient (Wildman–Crippen LogP) is 2.12. The topological polar surface area (TPSA) is 69.0 Å². The fourth-order valence-electron chi connectivity index (χ4n) is 2.04. The smallest absolute Gasteiger partial charge is 0.269 e. The van der Waals surface area contributed by atoms with Crippen LogP contribution < -0.4 is 10.1 Å². The van der Waals surface area contributed by atoms with Crippen molar-refractivity contribution in [1.82, 2.24) is 19.9 Å². The molecular formula is C15H14N4O2. The van der Waals surface area contributed by atoms with Crippen LogP contribution in [0.5, 0.6) is 11.5 Å². The highest BCUT2D eigenvalue weighted by atomic mass is 16.5. The molecule has 0 aliphatic rings. The number of carbonyl (C=O) groups is 1. The molecule has 106 valence electrons. The van der Waals surface area contributed by atoms with Crippen LogP contribution in [0.25, 0.3) is 11.0 Å². The monoisotopic (exact) mass is 282 g/mol. The lowest BCUT2D eigenvalue weighted by Crippen LogP contribution is -2.18. The molecule has 1 N–H and O–H groups in total. The molecule has 1 aromatic carbocycles. The first-order valence-corrected chi connectivity index (χ1v) is 6.44. The second-order valence-electron chi connectivity index (χ2n) is 4.56. The van der Waals surface area contributed by atoms with Crippen molar-refractivity contribution in [3.05, 3.63) is 48.5 Å². The molecule has 6 nitrogen and oxygen atoms in total. The van der Waals surface area contributed by atoms with E-state index < -0.39 is 0 Å². The lowest BCUT2D eigenvalue weighted by Gasteiger charge is -2.07. The highest BCUT2D eigenvalue weighted by molar-refractivity contribution is 5.92. The van der Waals surface area contributed by atoms with Crippen molar-refractivity contribution >= 4 is 16.9 Å². The summed E-state index contributed by atoms with van der Waals surface area (Å²) in [6, 6.07) is 8.97. The fraction of sp³-hybridized carbons (Fsp3) is 0.133. The number of amides is 1. The standard InChI is InChI=1S/C15H14N4O2/c1-16-15(20)13-8-11(5-6-17-13)21-10-3-4-14-12(7-10)18-9-19(14)2/h3-9H,1-2H3,(H,16,20). The van der Waals surface area contributed by atoms with E-state index in [4.69, 9.17) is 4.74 Å². The lowest BCUT2D eigenvalue weighted by atomic mass is 10.3. The van der Waals surface area contributed by atoms with E-state index in [2.05, 4.69) is 15.3 Å². The van der Waals surface area contributed by atoms with E-state index in [-0.39, 0.29) is 5.91 Å². The molecular weight excluding hydrogens is 268 g/mol. The number of hydrogen-bond donors (Lipinski definition) is 1. The summed E-state index contributed by atoms with van der Waals surface area (Å²) in [5.74, 6) is 0.967. The summed E-state index contributed by atoms with van der Waals surface area (Å²) in [6.07, 6.45) is 3.30. The van der Waals surface area contributed by atoms with Crippen molar-refractivity contribution < 1.29 is 9.53 Å². The Morgan fingerprint density at radius 2 is 2.00 bits per heavy atom. The molecule has 21 heavy (non-hydrogen) atoms. The molecule has 0 saturated carbocycles. The second kappa shape index (κ2) is 5.24. The predicted molar refractivity (Wildman–Crippen MR) is 78.4 cm³/mol. The molecule has 6 heteroatoms. The first-order valence-electron chi connectivity index (χ1n) is 6.44. The van der Waals surface area contributed by atoms with Crippen LogP contribution >= 0.6 is 0 Å². The highest BCUT2D eigenvalue weighted by Crippen LogP contribution is 2.25. The Labute approximate surface area is 121 Å². The Morgan fingerprint density at radius 1 is 1.19 bits per heavy atom. The van der Waals surface area contributed by atoms with Gasteiger partial charge in [-0.25, -0.2) is 4.98 Å². The normalized spacial score (nSPS) is 10.6. The number of pyridine rings is 1. The van der Waals surface area contributed by atoms with Gasteiger partial charge in [-0.15, -0.1) is 0 Å². The molecule has 2 aromatic heterocycles. The Balaban J connectivity index is 1.89. The number of nitrogens with one attached hydrogen (secondary N) is 1. The quantitative estimate of drug-likeness (QED) is 0.799. The number of rotatable bonds is 3. The van der Waals surface area contributed by atoms with Gasteiger partial charge in [-0.05, 0) is 18.2 Å². The average molecular weight is 282 g/mol. The van der Waals surface area contributed by atoms with Crippen LogP contribution in [0.4, 0.5) is 0 Å². The fourth-order valence-corrected chi connectivity index (χ4v) is 2.04. The number of carbonyl (C=O) groups excluding carboxylic acids is 1. The Hall–Kier alpha value is -2.89. The molecule has 0 unspecified atom stereocenters. The minimum Gasteiger partial charge on any atom is -0.457 e.